The van der Waals surface area contributed by atoms with Crippen LogP contribution in [0.15, 0.2) is 70.6 Å². The van der Waals surface area contributed by atoms with Crippen molar-refractivity contribution in [2.75, 3.05) is 9.61 Å². The van der Waals surface area contributed by atoms with Crippen LogP contribution in [0.25, 0.3) is 21.8 Å². The number of anilines is 1. The van der Waals surface area contributed by atoms with Gasteiger partial charge >= 0.3 is 0 Å². The standard InChI is InChI=1S/C23H18I2N4O5/c24-17-9-14(10-20(23(17)32)29(34)13-25-33)11-26-27-21(30)12-28-18-7-3-1-5-15(18)22(31)16-6-2-4-8-19(16)28/h1-11,32,34H,12-13H2,(H,27,30)/b26-11+. The summed E-state index contributed by atoms with van der Waals surface area (Å²) in [5, 5.41) is 25.9. The lowest BCUT2D eigenvalue weighted by Crippen LogP contribution is -2.25. The Hall–Kier alpha value is -2.91. The quantitative estimate of drug-likeness (QED) is 0.0674. The van der Waals surface area contributed by atoms with Gasteiger partial charge in [0, 0.05) is 10.8 Å². The van der Waals surface area contributed by atoms with Crippen LogP contribution in [-0.4, -0.2) is 31.6 Å². The molecule has 0 unspecified atom stereocenters. The van der Waals surface area contributed by atoms with Crippen molar-refractivity contribution < 1.29 is 18.2 Å². The van der Waals surface area contributed by atoms with Gasteiger partial charge in [0.2, 0.25) is 0 Å². The number of nitrogens with zero attached hydrogens (tertiary/aromatic N) is 3. The molecule has 3 aromatic carbocycles. The van der Waals surface area contributed by atoms with Crippen molar-refractivity contribution in [3.63, 3.8) is 0 Å². The number of halogens is 2. The summed E-state index contributed by atoms with van der Waals surface area (Å²) >= 11 is 0.436. The van der Waals surface area contributed by atoms with Crippen LogP contribution in [-0.2, 0) is 14.4 Å². The molecule has 0 aliphatic rings. The first-order valence-electron chi connectivity index (χ1n) is 9.93. The molecule has 174 valence electrons. The van der Waals surface area contributed by atoms with Crippen molar-refractivity contribution in [1.29, 1.82) is 0 Å². The van der Waals surface area contributed by atoms with Crippen LogP contribution in [0.3, 0.4) is 0 Å². The van der Waals surface area contributed by atoms with E-state index in [1.165, 1.54) is 12.3 Å². The lowest BCUT2D eigenvalue weighted by molar-refractivity contribution is -0.121. The minimum atomic E-state index is -1.47. The number of hydrogen-bond acceptors (Lipinski definition) is 7. The Morgan fingerprint density at radius 1 is 1.12 bits per heavy atom. The Labute approximate surface area is 217 Å². The second kappa shape index (κ2) is 10.6. The molecule has 4 rings (SSSR count). The van der Waals surface area contributed by atoms with Crippen molar-refractivity contribution in [2.24, 2.45) is 5.10 Å². The number of phenolic OH excluding ortho intramolecular Hbond substituents is 1. The zero-order valence-electron chi connectivity index (χ0n) is 17.5. The maximum atomic E-state index is 12.8. The highest BCUT2D eigenvalue weighted by Gasteiger charge is 2.14. The fourth-order valence-corrected chi connectivity index (χ4v) is 4.86. The maximum absolute atomic E-state index is 12.8. The van der Waals surface area contributed by atoms with Gasteiger partial charge in [-0.1, -0.05) is 24.3 Å². The molecule has 0 aliphatic carbocycles. The minimum Gasteiger partial charge on any atom is -0.505 e. The average Bonchev–Trinajstić information content (AvgIpc) is 2.84. The summed E-state index contributed by atoms with van der Waals surface area (Å²) in [5.41, 5.74) is 4.29. The number of fused-ring (bicyclic) bond motifs is 2. The molecule has 0 aliphatic heterocycles. The van der Waals surface area contributed by atoms with E-state index >= 15 is 0 Å². The van der Waals surface area contributed by atoms with Crippen molar-refractivity contribution in [1.82, 2.24) is 9.99 Å². The van der Waals surface area contributed by atoms with Crippen molar-refractivity contribution in [3.05, 3.63) is 80.0 Å². The first-order chi connectivity index (χ1) is 16.4. The van der Waals surface area contributed by atoms with Crippen LogP contribution in [0.1, 0.15) is 5.56 Å². The number of alkyl halides is 1. The third kappa shape index (κ3) is 4.95. The SMILES string of the molecule is O=ICN(O)c1cc(/C=N/NC(=O)Cn2c3ccccc3c(=O)c3ccccc32)cc(I)c1O. The number of para-hydroxylation sites is 2. The van der Waals surface area contributed by atoms with Gasteiger partial charge in [-0.2, -0.15) is 5.10 Å². The molecule has 1 amide bonds. The number of aromatic nitrogens is 1. The molecule has 0 saturated carbocycles. The van der Waals surface area contributed by atoms with E-state index in [0.717, 1.165) is 5.06 Å². The number of hydrogen-bond donors (Lipinski definition) is 3. The van der Waals surface area contributed by atoms with E-state index in [1.54, 1.807) is 47.0 Å². The lowest BCUT2D eigenvalue weighted by atomic mass is 10.1. The van der Waals surface area contributed by atoms with Gasteiger partial charge in [-0.15, -0.1) is 0 Å². The Kier molecular flexibility index (Phi) is 7.53. The second-order valence-corrected chi connectivity index (χ2v) is 9.71. The largest absolute Gasteiger partial charge is 0.505 e. The van der Waals surface area contributed by atoms with E-state index in [9.17, 15) is 23.0 Å². The summed E-state index contributed by atoms with van der Waals surface area (Å²) in [7, 11) is 0. The van der Waals surface area contributed by atoms with E-state index in [1.807, 2.05) is 34.7 Å². The van der Waals surface area contributed by atoms with Gasteiger partial charge in [0.25, 0.3) is 5.91 Å². The summed E-state index contributed by atoms with van der Waals surface area (Å²) in [4.78, 5) is 25.5. The Bertz CT molecular complexity index is 1440. The molecular weight excluding hydrogens is 666 g/mol. The van der Waals surface area contributed by atoms with Gasteiger partial charge in [-0.05, 0) is 64.6 Å². The van der Waals surface area contributed by atoms with E-state index in [2.05, 4.69) is 10.5 Å². The molecule has 1 heterocycles. The first-order valence-corrected chi connectivity index (χ1v) is 13.4. The Balaban J connectivity index is 1.59. The van der Waals surface area contributed by atoms with Crippen molar-refractivity contribution >= 4 is 83.4 Å². The van der Waals surface area contributed by atoms with Crippen molar-refractivity contribution in [2.45, 2.75) is 6.54 Å². The molecule has 0 saturated heterocycles. The summed E-state index contributed by atoms with van der Waals surface area (Å²) in [6.45, 7) is -0.0609. The van der Waals surface area contributed by atoms with Gasteiger partial charge in [0.1, 0.15) is 16.8 Å². The molecule has 11 heteroatoms. The number of rotatable bonds is 7. The normalized spacial score (nSPS) is 11.4. The number of hydrazone groups is 1. The van der Waals surface area contributed by atoms with Gasteiger partial charge < -0.3 is 9.67 Å². The van der Waals surface area contributed by atoms with E-state index in [-0.39, 0.29) is 28.0 Å². The molecule has 1 aromatic heterocycles. The number of hydroxylamine groups is 1. The highest BCUT2D eigenvalue weighted by atomic mass is 127. The highest BCUT2D eigenvalue weighted by Crippen LogP contribution is 2.33. The maximum Gasteiger partial charge on any atom is 0.260 e. The number of carbonyl (C=O) groups is 1. The summed E-state index contributed by atoms with van der Waals surface area (Å²) in [5.74, 6) is -0.539. The summed E-state index contributed by atoms with van der Waals surface area (Å²) in [6, 6.07) is 17.3. The van der Waals surface area contributed by atoms with Crippen LogP contribution < -0.4 is 15.9 Å². The van der Waals surface area contributed by atoms with Crippen LogP contribution in [0.4, 0.5) is 5.69 Å². The minimum absolute atomic E-state index is 0.0609. The van der Waals surface area contributed by atoms with Crippen LogP contribution in [0.5, 0.6) is 5.75 Å². The van der Waals surface area contributed by atoms with Gasteiger partial charge in [0.05, 0.1) is 20.8 Å². The van der Waals surface area contributed by atoms with Crippen LogP contribution in [0, 0.1) is 3.57 Å². The predicted molar refractivity (Wildman–Crippen MR) is 146 cm³/mol. The molecule has 3 N–H and O–H groups in total. The number of phenols is 1. The molecule has 0 atom stereocenters. The Morgan fingerprint density at radius 3 is 2.35 bits per heavy atom. The third-order valence-electron chi connectivity index (χ3n) is 5.09. The predicted octanol–water partition coefficient (Wildman–Crippen LogP) is 4.08. The number of aromatic hydroxyl groups is 1. The van der Waals surface area contributed by atoms with E-state index in [4.69, 9.17) is 0 Å². The highest BCUT2D eigenvalue weighted by molar-refractivity contribution is 14.1. The smallest absolute Gasteiger partial charge is 0.260 e. The fraction of sp³-hybridized carbons (Fsp3) is 0.0870. The van der Waals surface area contributed by atoms with Gasteiger partial charge in [-0.3, -0.25) is 17.9 Å². The number of amides is 1. The van der Waals surface area contributed by atoms with Gasteiger partial charge in [-0.25, -0.2) is 10.5 Å². The zero-order valence-corrected chi connectivity index (χ0v) is 21.8. The summed E-state index contributed by atoms with van der Waals surface area (Å²) in [6.07, 6.45) is 1.38. The monoisotopic (exact) mass is 684 g/mol. The third-order valence-corrected chi connectivity index (χ3v) is 6.84. The molecule has 0 fully saturated rings. The zero-order chi connectivity index (χ0) is 24.2. The van der Waals surface area contributed by atoms with E-state index in [0.29, 0.717) is 30.9 Å². The topological polar surface area (TPSA) is 124 Å². The molecule has 0 radical (unpaired) electrons. The van der Waals surface area contributed by atoms with Gasteiger partial charge in [0.15, 0.2) is 32.4 Å². The molecule has 34 heavy (non-hydrogen) atoms. The average molecular weight is 684 g/mol. The molecular formula is C23H18I2N4O5. The van der Waals surface area contributed by atoms with Crippen molar-refractivity contribution in [3.8, 4) is 5.75 Å². The number of carbonyl (C=O) groups excluding carboxylic acids is 1. The van der Waals surface area contributed by atoms with Crippen LogP contribution in [0.2, 0.25) is 0 Å². The fourth-order valence-electron chi connectivity index (χ4n) is 3.59. The molecule has 0 bridgehead atoms. The first kappa shape index (κ1) is 24.2. The Morgan fingerprint density at radius 2 is 1.74 bits per heavy atom. The summed E-state index contributed by atoms with van der Waals surface area (Å²) < 4.78 is 13.1. The number of nitrogens with one attached hydrogen (secondary N) is 1. The number of pyridine rings is 1. The van der Waals surface area contributed by atoms with Crippen LogP contribution >= 0.6 is 43.8 Å². The van der Waals surface area contributed by atoms with E-state index < -0.39 is 27.1 Å². The molecule has 0 spiro atoms. The molecule has 4 aromatic rings. The lowest BCUT2D eigenvalue weighted by Gasteiger charge is -2.16. The molecule has 9 nitrogen and oxygen atoms in total. The second-order valence-electron chi connectivity index (χ2n) is 7.24. The number of benzene rings is 3.